The van der Waals surface area contributed by atoms with Crippen LogP contribution < -0.4 is 0 Å². The second kappa shape index (κ2) is 11.9. The average molecular weight is 423 g/mol. The third-order valence-corrected chi connectivity index (χ3v) is 9.22. The lowest BCUT2D eigenvalue weighted by atomic mass is 9.78. The zero-order valence-electron chi connectivity index (χ0n) is 17.6. The first-order valence-electron chi connectivity index (χ1n) is 9.95. The summed E-state index contributed by atoms with van der Waals surface area (Å²) in [6.45, 7) is 2.33. The van der Waals surface area contributed by atoms with Crippen molar-refractivity contribution in [2.24, 2.45) is 10.4 Å². The Morgan fingerprint density at radius 2 is 1.82 bits per heavy atom. The summed E-state index contributed by atoms with van der Waals surface area (Å²) in [4.78, 5) is 9.01. The van der Waals surface area contributed by atoms with Crippen LogP contribution in [0.15, 0.2) is 41.7 Å². The summed E-state index contributed by atoms with van der Waals surface area (Å²) >= 11 is 2.01. The predicted molar refractivity (Wildman–Crippen MR) is 120 cm³/mol. The standard InChI is InChI=1S/C21H34N2O3SSi/c1-21(12-14-23-20(18-21)19-10-5-7-13-22-19)11-6-8-15-27-16-9-17-28(24-2,25-3)26-4/h5,7,10,12-14H,6,8-9,11,15-18H2,1-4H3. The number of pyridine rings is 1. The predicted octanol–water partition coefficient (Wildman–Crippen LogP) is 4.97. The van der Waals surface area contributed by atoms with Gasteiger partial charge in [0.25, 0.3) is 0 Å². The molecule has 1 atom stereocenters. The van der Waals surface area contributed by atoms with E-state index in [2.05, 4.69) is 23.0 Å². The summed E-state index contributed by atoms with van der Waals surface area (Å²) in [5.74, 6) is 2.32. The Morgan fingerprint density at radius 3 is 2.50 bits per heavy atom. The van der Waals surface area contributed by atoms with Gasteiger partial charge in [0.1, 0.15) is 0 Å². The zero-order chi connectivity index (χ0) is 20.3. The molecule has 0 saturated carbocycles. The van der Waals surface area contributed by atoms with Crippen LogP contribution in [-0.2, 0) is 13.3 Å². The van der Waals surface area contributed by atoms with Crippen molar-refractivity contribution in [2.45, 2.75) is 45.1 Å². The van der Waals surface area contributed by atoms with E-state index in [4.69, 9.17) is 13.3 Å². The van der Waals surface area contributed by atoms with Crippen molar-refractivity contribution >= 4 is 26.3 Å². The van der Waals surface area contributed by atoms with Gasteiger partial charge in [-0.15, -0.1) is 0 Å². The third-order valence-electron chi connectivity index (χ3n) is 5.23. The van der Waals surface area contributed by atoms with E-state index >= 15 is 0 Å². The molecule has 1 aromatic heterocycles. The number of nitrogens with zero attached hydrogens (tertiary/aromatic N) is 2. The van der Waals surface area contributed by atoms with E-state index in [1.807, 2.05) is 42.4 Å². The summed E-state index contributed by atoms with van der Waals surface area (Å²) in [6.07, 6.45) is 11.7. The largest absolute Gasteiger partial charge is 0.500 e. The molecule has 0 fully saturated rings. The lowest BCUT2D eigenvalue weighted by molar-refractivity contribution is 0.123. The van der Waals surface area contributed by atoms with E-state index in [-0.39, 0.29) is 5.41 Å². The molecule has 0 spiro atoms. The summed E-state index contributed by atoms with van der Waals surface area (Å²) < 4.78 is 16.4. The van der Waals surface area contributed by atoms with Crippen molar-refractivity contribution in [1.82, 2.24) is 4.98 Å². The normalized spacial score (nSPS) is 19.6. The molecule has 2 rings (SSSR count). The van der Waals surface area contributed by atoms with Gasteiger partial charge in [-0.3, -0.25) is 9.98 Å². The van der Waals surface area contributed by atoms with Gasteiger partial charge >= 0.3 is 8.80 Å². The van der Waals surface area contributed by atoms with Crippen molar-refractivity contribution < 1.29 is 13.3 Å². The Kier molecular flexibility index (Phi) is 9.88. The van der Waals surface area contributed by atoms with E-state index in [1.54, 1.807) is 21.3 Å². The van der Waals surface area contributed by atoms with Crippen LogP contribution in [0.5, 0.6) is 0 Å². The van der Waals surface area contributed by atoms with Crippen molar-refractivity contribution in [3.63, 3.8) is 0 Å². The molecule has 0 aromatic carbocycles. The smallest absolute Gasteiger partial charge is 0.377 e. The fourth-order valence-corrected chi connectivity index (χ4v) is 6.38. The quantitative estimate of drug-likeness (QED) is 0.332. The molecule has 1 aliphatic heterocycles. The lowest BCUT2D eigenvalue weighted by Crippen LogP contribution is -2.42. The van der Waals surface area contributed by atoms with Gasteiger partial charge in [0.2, 0.25) is 0 Å². The van der Waals surface area contributed by atoms with Crippen LogP contribution in [0.4, 0.5) is 0 Å². The zero-order valence-corrected chi connectivity index (χ0v) is 19.5. The van der Waals surface area contributed by atoms with Gasteiger partial charge in [-0.05, 0) is 48.3 Å². The molecule has 0 amide bonds. The summed E-state index contributed by atoms with van der Waals surface area (Å²) in [7, 11) is 2.63. The van der Waals surface area contributed by atoms with Gasteiger partial charge in [-0.25, -0.2) is 0 Å². The SMILES string of the molecule is CO[Si](CCCSCCCCC1(C)C=CN=C(c2ccccn2)C1)(OC)OC. The lowest BCUT2D eigenvalue weighted by Gasteiger charge is -2.28. The number of allylic oxidation sites excluding steroid dienone is 1. The first kappa shape index (κ1) is 23.3. The Hall–Kier alpha value is -0.993. The van der Waals surface area contributed by atoms with E-state index in [0.717, 1.165) is 36.0 Å². The molecule has 7 heteroatoms. The van der Waals surface area contributed by atoms with Crippen LogP contribution in [0.3, 0.4) is 0 Å². The maximum Gasteiger partial charge on any atom is 0.500 e. The van der Waals surface area contributed by atoms with Crippen LogP contribution in [0.1, 0.15) is 44.7 Å². The maximum absolute atomic E-state index is 5.46. The minimum atomic E-state index is -2.40. The topological polar surface area (TPSA) is 52.9 Å². The fourth-order valence-electron chi connectivity index (χ4n) is 3.44. The second-order valence-electron chi connectivity index (χ2n) is 7.41. The summed E-state index contributed by atoms with van der Waals surface area (Å²) in [5.41, 5.74) is 2.28. The Bertz CT molecular complexity index is 630. The second-order valence-corrected chi connectivity index (χ2v) is 11.7. The monoisotopic (exact) mass is 422 g/mol. The third kappa shape index (κ3) is 7.11. The number of aliphatic imine (C=N–C) groups is 1. The number of hydrogen-bond donors (Lipinski definition) is 0. The molecule has 5 nitrogen and oxygen atoms in total. The first-order valence-corrected chi connectivity index (χ1v) is 13.0. The Labute approximate surface area is 175 Å². The van der Waals surface area contributed by atoms with Gasteiger partial charge in [0.15, 0.2) is 0 Å². The van der Waals surface area contributed by atoms with Crippen molar-refractivity contribution in [1.29, 1.82) is 0 Å². The number of rotatable bonds is 13. The van der Waals surface area contributed by atoms with Crippen molar-refractivity contribution in [3.05, 3.63) is 42.4 Å². The van der Waals surface area contributed by atoms with Crippen LogP contribution in [0, 0.1) is 5.41 Å². The number of hydrogen-bond acceptors (Lipinski definition) is 6. The molecule has 0 radical (unpaired) electrons. The highest BCUT2D eigenvalue weighted by Gasteiger charge is 2.36. The molecule has 156 valence electrons. The van der Waals surface area contributed by atoms with Gasteiger partial charge in [0.05, 0.1) is 11.4 Å². The number of unbranched alkanes of at least 4 members (excludes halogenated alkanes) is 1. The molecule has 1 aliphatic rings. The highest BCUT2D eigenvalue weighted by Crippen LogP contribution is 2.34. The Balaban J connectivity index is 1.62. The highest BCUT2D eigenvalue weighted by molar-refractivity contribution is 7.99. The first-order chi connectivity index (χ1) is 13.6. The Morgan fingerprint density at radius 1 is 1.07 bits per heavy atom. The molecule has 2 heterocycles. The van der Waals surface area contributed by atoms with Gasteiger partial charge in [-0.1, -0.05) is 25.5 Å². The molecule has 0 aliphatic carbocycles. The van der Waals surface area contributed by atoms with E-state index in [9.17, 15) is 0 Å². The van der Waals surface area contributed by atoms with Crippen molar-refractivity contribution in [3.8, 4) is 0 Å². The minimum Gasteiger partial charge on any atom is -0.377 e. The summed E-state index contributed by atoms with van der Waals surface area (Å²) in [5, 5.41) is 0. The van der Waals surface area contributed by atoms with Crippen molar-refractivity contribution in [2.75, 3.05) is 32.8 Å². The molecular formula is C21H34N2O3SSi. The molecule has 1 unspecified atom stereocenters. The van der Waals surface area contributed by atoms with E-state index < -0.39 is 8.80 Å². The molecule has 0 saturated heterocycles. The molecule has 0 N–H and O–H groups in total. The van der Waals surface area contributed by atoms with Crippen LogP contribution in [-0.4, -0.2) is 52.3 Å². The van der Waals surface area contributed by atoms with Gasteiger partial charge < -0.3 is 13.3 Å². The van der Waals surface area contributed by atoms with Crippen LogP contribution in [0.25, 0.3) is 0 Å². The maximum atomic E-state index is 5.46. The van der Waals surface area contributed by atoms with Gasteiger partial charge in [-0.2, -0.15) is 11.8 Å². The highest BCUT2D eigenvalue weighted by atomic mass is 32.2. The molecule has 28 heavy (non-hydrogen) atoms. The fraction of sp³-hybridized carbons (Fsp3) is 0.619. The van der Waals surface area contributed by atoms with Crippen LogP contribution >= 0.6 is 11.8 Å². The average Bonchev–Trinajstić information content (AvgIpc) is 2.74. The molecular weight excluding hydrogens is 388 g/mol. The van der Waals surface area contributed by atoms with E-state index in [1.165, 1.54) is 25.0 Å². The van der Waals surface area contributed by atoms with Gasteiger partial charge in [0, 0.05) is 46.2 Å². The number of aromatic nitrogens is 1. The minimum absolute atomic E-state index is 0.180. The van der Waals surface area contributed by atoms with Crippen LogP contribution in [0.2, 0.25) is 6.04 Å². The molecule has 0 bridgehead atoms. The summed E-state index contributed by atoms with van der Waals surface area (Å²) in [6, 6.07) is 6.89. The van der Waals surface area contributed by atoms with E-state index in [0.29, 0.717) is 0 Å². The number of thioether (sulfide) groups is 1. The molecule has 1 aromatic rings.